The largest absolute Gasteiger partial charge is 0.379 e. The van der Waals surface area contributed by atoms with E-state index in [1.54, 1.807) is 0 Å². The topological polar surface area (TPSA) is 32.8 Å². The smallest absolute Gasteiger partial charge is 0.253 e. The number of carbonyl (C=O) groups excluding carboxylic acids is 1. The van der Waals surface area contributed by atoms with Gasteiger partial charge in [-0.05, 0) is 48.4 Å². The fraction of sp³-hybridized carbons (Fsp3) is 0.458. The van der Waals surface area contributed by atoms with E-state index >= 15 is 0 Å². The van der Waals surface area contributed by atoms with Gasteiger partial charge in [0.05, 0.1) is 13.2 Å². The summed E-state index contributed by atoms with van der Waals surface area (Å²) in [5.41, 5.74) is 3.45. The molecule has 2 saturated heterocycles. The first kappa shape index (κ1) is 19.2. The maximum Gasteiger partial charge on any atom is 0.253 e. The van der Waals surface area contributed by atoms with Crippen molar-refractivity contribution in [1.82, 2.24) is 9.80 Å². The second-order valence-corrected chi connectivity index (χ2v) is 8.01. The first-order valence-corrected chi connectivity index (χ1v) is 10.5. The monoisotopic (exact) mass is 378 g/mol. The lowest BCUT2D eigenvalue weighted by atomic mass is 9.90. The predicted octanol–water partition coefficient (Wildman–Crippen LogP) is 3.61. The van der Waals surface area contributed by atoms with Crippen molar-refractivity contribution >= 4 is 5.91 Å². The third kappa shape index (κ3) is 5.00. The van der Waals surface area contributed by atoms with Gasteiger partial charge in [-0.25, -0.2) is 0 Å². The molecule has 0 aromatic heterocycles. The molecule has 4 nitrogen and oxygen atoms in total. The molecular weight excluding hydrogens is 348 g/mol. The van der Waals surface area contributed by atoms with Gasteiger partial charge < -0.3 is 9.64 Å². The highest BCUT2D eigenvalue weighted by molar-refractivity contribution is 5.94. The quantitative estimate of drug-likeness (QED) is 0.797. The van der Waals surface area contributed by atoms with Crippen LogP contribution in [-0.4, -0.2) is 55.1 Å². The van der Waals surface area contributed by atoms with Gasteiger partial charge in [0.25, 0.3) is 5.91 Å². The van der Waals surface area contributed by atoms with Crippen molar-refractivity contribution in [2.75, 3.05) is 39.4 Å². The molecule has 28 heavy (non-hydrogen) atoms. The molecule has 0 aliphatic carbocycles. The van der Waals surface area contributed by atoms with Gasteiger partial charge in [0.1, 0.15) is 0 Å². The highest BCUT2D eigenvalue weighted by Crippen LogP contribution is 2.23. The SMILES string of the molecule is O=C(c1cccc(CN2CCOCC2)c1)N1CCC(Cc2ccccc2)CC1. The van der Waals surface area contributed by atoms with E-state index in [0.29, 0.717) is 5.92 Å². The van der Waals surface area contributed by atoms with E-state index in [0.717, 1.165) is 70.8 Å². The minimum Gasteiger partial charge on any atom is -0.379 e. The lowest BCUT2D eigenvalue weighted by Gasteiger charge is -2.32. The number of piperidine rings is 1. The van der Waals surface area contributed by atoms with Crippen molar-refractivity contribution in [2.45, 2.75) is 25.8 Å². The van der Waals surface area contributed by atoms with Crippen LogP contribution in [-0.2, 0) is 17.7 Å². The third-order valence-corrected chi connectivity index (χ3v) is 5.95. The minimum absolute atomic E-state index is 0.182. The number of morpholine rings is 1. The van der Waals surface area contributed by atoms with E-state index in [1.807, 2.05) is 17.0 Å². The molecule has 0 atom stereocenters. The Kier molecular flexibility index (Phi) is 6.40. The molecule has 2 aromatic rings. The zero-order chi connectivity index (χ0) is 19.2. The fourth-order valence-corrected chi connectivity index (χ4v) is 4.29. The van der Waals surface area contributed by atoms with Crippen LogP contribution in [0.25, 0.3) is 0 Å². The average molecular weight is 379 g/mol. The number of hydrogen-bond acceptors (Lipinski definition) is 3. The summed E-state index contributed by atoms with van der Waals surface area (Å²) in [7, 11) is 0. The molecule has 1 amide bonds. The number of rotatable bonds is 5. The molecule has 0 spiro atoms. The molecule has 4 heteroatoms. The summed E-state index contributed by atoms with van der Waals surface area (Å²) in [6, 6.07) is 18.9. The average Bonchev–Trinajstić information content (AvgIpc) is 2.75. The predicted molar refractivity (Wildman–Crippen MR) is 111 cm³/mol. The first-order valence-electron chi connectivity index (χ1n) is 10.5. The Bertz CT molecular complexity index is 763. The number of amides is 1. The van der Waals surface area contributed by atoms with Gasteiger partial charge in [-0.2, -0.15) is 0 Å². The van der Waals surface area contributed by atoms with Crippen LogP contribution in [0, 0.1) is 5.92 Å². The lowest BCUT2D eigenvalue weighted by Crippen LogP contribution is -2.39. The van der Waals surface area contributed by atoms with Crippen LogP contribution in [0.15, 0.2) is 54.6 Å². The van der Waals surface area contributed by atoms with Crippen molar-refractivity contribution in [1.29, 1.82) is 0 Å². The van der Waals surface area contributed by atoms with Gasteiger partial charge in [-0.1, -0.05) is 42.5 Å². The second kappa shape index (κ2) is 9.35. The molecule has 2 fully saturated rings. The van der Waals surface area contributed by atoms with Crippen LogP contribution < -0.4 is 0 Å². The van der Waals surface area contributed by atoms with Gasteiger partial charge in [0.2, 0.25) is 0 Å². The van der Waals surface area contributed by atoms with Crippen LogP contribution in [0.3, 0.4) is 0 Å². The number of likely N-dealkylation sites (tertiary alicyclic amines) is 1. The number of nitrogens with zero attached hydrogens (tertiary/aromatic N) is 2. The normalized spacial score (nSPS) is 18.9. The summed E-state index contributed by atoms with van der Waals surface area (Å²) >= 11 is 0. The van der Waals surface area contributed by atoms with Gasteiger partial charge >= 0.3 is 0 Å². The Labute approximate surface area is 168 Å². The van der Waals surface area contributed by atoms with Crippen molar-refractivity contribution in [3.05, 3.63) is 71.3 Å². The highest BCUT2D eigenvalue weighted by atomic mass is 16.5. The lowest BCUT2D eigenvalue weighted by molar-refractivity contribution is 0.0341. The fourth-order valence-electron chi connectivity index (χ4n) is 4.29. The van der Waals surface area contributed by atoms with Crippen LogP contribution in [0.2, 0.25) is 0 Å². The molecule has 148 valence electrons. The Hall–Kier alpha value is -2.17. The first-order chi connectivity index (χ1) is 13.8. The second-order valence-electron chi connectivity index (χ2n) is 8.01. The summed E-state index contributed by atoms with van der Waals surface area (Å²) in [6.07, 6.45) is 3.31. The third-order valence-electron chi connectivity index (χ3n) is 5.95. The van der Waals surface area contributed by atoms with Crippen molar-refractivity contribution < 1.29 is 9.53 Å². The molecule has 0 N–H and O–H groups in total. The number of benzene rings is 2. The van der Waals surface area contributed by atoms with Crippen molar-refractivity contribution in [3.63, 3.8) is 0 Å². The highest BCUT2D eigenvalue weighted by Gasteiger charge is 2.24. The van der Waals surface area contributed by atoms with Crippen LogP contribution in [0.1, 0.15) is 34.3 Å². The molecule has 0 bridgehead atoms. The zero-order valence-corrected chi connectivity index (χ0v) is 16.6. The summed E-state index contributed by atoms with van der Waals surface area (Å²) in [5, 5.41) is 0. The van der Waals surface area contributed by atoms with E-state index in [1.165, 1.54) is 11.1 Å². The molecule has 2 aromatic carbocycles. The van der Waals surface area contributed by atoms with Crippen molar-refractivity contribution in [2.24, 2.45) is 5.92 Å². The van der Waals surface area contributed by atoms with Crippen LogP contribution in [0.5, 0.6) is 0 Å². The van der Waals surface area contributed by atoms with Crippen LogP contribution >= 0.6 is 0 Å². The number of hydrogen-bond donors (Lipinski definition) is 0. The molecule has 0 saturated carbocycles. The summed E-state index contributed by atoms with van der Waals surface area (Å²) in [5.74, 6) is 0.862. The Morgan fingerprint density at radius 1 is 0.893 bits per heavy atom. The minimum atomic E-state index is 0.182. The molecule has 2 aliphatic heterocycles. The maximum absolute atomic E-state index is 13.0. The van der Waals surface area contributed by atoms with Crippen LogP contribution in [0.4, 0.5) is 0 Å². The molecule has 4 rings (SSSR count). The van der Waals surface area contributed by atoms with E-state index in [2.05, 4.69) is 47.4 Å². The number of ether oxygens (including phenoxy) is 1. The molecule has 2 heterocycles. The van der Waals surface area contributed by atoms with Gasteiger partial charge in [0.15, 0.2) is 0 Å². The molecular formula is C24H30N2O2. The number of carbonyl (C=O) groups is 1. The Morgan fingerprint density at radius 2 is 1.61 bits per heavy atom. The molecule has 2 aliphatic rings. The van der Waals surface area contributed by atoms with E-state index in [-0.39, 0.29) is 5.91 Å². The van der Waals surface area contributed by atoms with E-state index in [4.69, 9.17) is 4.74 Å². The maximum atomic E-state index is 13.0. The van der Waals surface area contributed by atoms with E-state index < -0.39 is 0 Å². The van der Waals surface area contributed by atoms with E-state index in [9.17, 15) is 4.79 Å². The van der Waals surface area contributed by atoms with Gasteiger partial charge in [0, 0.05) is 38.3 Å². The standard InChI is InChI=1S/C24H30N2O2/c27-24(23-8-4-7-22(18-23)19-25-13-15-28-16-14-25)26-11-9-21(10-12-26)17-20-5-2-1-3-6-20/h1-8,18,21H,9-17,19H2. The molecule has 0 radical (unpaired) electrons. The summed E-state index contributed by atoms with van der Waals surface area (Å²) in [6.45, 7) is 6.16. The van der Waals surface area contributed by atoms with Crippen molar-refractivity contribution in [3.8, 4) is 0 Å². The Balaban J connectivity index is 1.31. The summed E-state index contributed by atoms with van der Waals surface area (Å²) in [4.78, 5) is 17.4. The Morgan fingerprint density at radius 3 is 2.36 bits per heavy atom. The molecule has 0 unspecified atom stereocenters. The van der Waals surface area contributed by atoms with Gasteiger partial charge in [-0.3, -0.25) is 9.69 Å². The zero-order valence-electron chi connectivity index (χ0n) is 16.6. The van der Waals surface area contributed by atoms with Gasteiger partial charge in [-0.15, -0.1) is 0 Å². The summed E-state index contributed by atoms with van der Waals surface area (Å²) < 4.78 is 5.42.